The van der Waals surface area contributed by atoms with Crippen molar-refractivity contribution in [2.75, 3.05) is 11.9 Å². The molecule has 0 aromatic carbocycles. The van der Waals surface area contributed by atoms with Crippen molar-refractivity contribution in [2.24, 2.45) is 0 Å². The number of nitriles is 1. The first-order chi connectivity index (χ1) is 8.35. The van der Waals surface area contributed by atoms with E-state index in [0.29, 0.717) is 12.4 Å². The second-order valence-electron chi connectivity index (χ2n) is 3.53. The van der Waals surface area contributed by atoms with E-state index in [1.165, 1.54) is 0 Å². The van der Waals surface area contributed by atoms with Gasteiger partial charge in [-0.15, -0.1) is 0 Å². The number of rotatable bonds is 4. The number of pyridine rings is 1. The van der Waals surface area contributed by atoms with Crippen LogP contribution in [0.3, 0.4) is 0 Å². The van der Waals surface area contributed by atoms with Crippen molar-refractivity contribution in [1.82, 2.24) is 14.5 Å². The second kappa shape index (κ2) is 5.12. The number of hydrogen-bond donors (Lipinski definition) is 1. The first-order valence-electron chi connectivity index (χ1n) is 5.44. The summed E-state index contributed by atoms with van der Waals surface area (Å²) in [5.41, 5.74) is 1.05. The summed E-state index contributed by atoms with van der Waals surface area (Å²) in [7, 11) is 0. The smallest absolute Gasteiger partial charge is 0.213 e. The van der Waals surface area contributed by atoms with Crippen LogP contribution < -0.4 is 5.32 Å². The van der Waals surface area contributed by atoms with Gasteiger partial charge in [0.1, 0.15) is 11.9 Å². The van der Waals surface area contributed by atoms with E-state index in [9.17, 15) is 0 Å². The average Bonchev–Trinajstić information content (AvgIpc) is 2.79. The normalized spacial score (nSPS) is 9.88. The molecule has 0 bridgehead atoms. The van der Waals surface area contributed by atoms with Crippen molar-refractivity contribution >= 4 is 5.82 Å². The van der Waals surface area contributed by atoms with Gasteiger partial charge in [0.2, 0.25) is 5.82 Å². The van der Waals surface area contributed by atoms with Gasteiger partial charge in [0.25, 0.3) is 0 Å². The third-order valence-corrected chi connectivity index (χ3v) is 2.39. The molecule has 0 aliphatic rings. The summed E-state index contributed by atoms with van der Waals surface area (Å²) in [4.78, 5) is 8.24. The molecule has 1 N–H and O–H groups in total. The van der Waals surface area contributed by atoms with Gasteiger partial charge in [0.15, 0.2) is 0 Å². The highest BCUT2D eigenvalue weighted by molar-refractivity contribution is 5.43. The molecule has 0 aliphatic carbocycles. The first-order valence-corrected chi connectivity index (χ1v) is 5.44. The zero-order valence-electron chi connectivity index (χ0n) is 9.59. The van der Waals surface area contributed by atoms with Crippen LogP contribution in [-0.4, -0.2) is 21.1 Å². The van der Waals surface area contributed by atoms with Crippen molar-refractivity contribution in [3.05, 3.63) is 42.1 Å². The Balaban J connectivity index is 2.27. The fourth-order valence-corrected chi connectivity index (χ4v) is 1.63. The molecule has 2 rings (SSSR count). The van der Waals surface area contributed by atoms with E-state index in [1.807, 2.05) is 19.1 Å². The lowest BCUT2D eigenvalue weighted by atomic mass is 10.2. The molecular formula is C12H13N5. The van der Waals surface area contributed by atoms with Crippen LogP contribution in [0.2, 0.25) is 0 Å². The Kier molecular flexibility index (Phi) is 3.36. The van der Waals surface area contributed by atoms with Crippen LogP contribution in [0.1, 0.15) is 18.3 Å². The molecule has 0 amide bonds. The number of nitrogens with zero attached hydrogens (tertiary/aromatic N) is 4. The molecule has 17 heavy (non-hydrogen) atoms. The van der Waals surface area contributed by atoms with E-state index in [0.717, 1.165) is 17.9 Å². The molecule has 0 unspecified atom stereocenters. The minimum atomic E-state index is 0.413. The van der Waals surface area contributed by atoms with Gasteiger partial charge in [0, 0.05) is 30.7 Å². The van der Waals surface area contributed by atoms with Gasteiger partial charge in [-0.25, -0.2) is 9.97 Å². The summed E-state index contributed by atoms with van der Waals surface area (Å²) in [5, 5.41) is 12.1. The SMILES string of the molecule is CCNc1ncccc1Cn1ccnc1C#N. The number of imidazole rings is 1. The van der Waals surface area contributed by atoms with Crippen LogP contribution in [0.25, 0.3) is 0 Å². The zero-order chi connectivity index (χ0) is 12.1. The molecular weight excluding hydrogens is 214 g/mol. The maximum atomic E-state index is 8.89. The third-order valence-electron chi connectivity index (χ3n) is 2.39. The van der Waals surface area contributed by atoms with E-state index in [1.54, 1.807) is 23.2 Å². The van der Waals surface area contributed by atoms with Crippen LogP contribution in [0.4, 0.5) is 5.82 Å². The molecule has 2 aromatic heterocycles. The topological polar surface area (TPSA) is 66.5 Å². The lowest BCUT2D eigenvalue weighted by molar-refractivity contribution is 0.779. The van der Waals surface area contributed by atoms with Gasteiger partial charge in [-0.2, -0.15) is 5.26 Å². The summed E-state index contributed by atoms with van der Waals surface area (Å²) in [6.45, 7) is 3.44. The Bertz CT molecular complexity index is 538. The molecule has 0 radical (unpaired) electrons. The van der Waals surface area contributed by atoms with E-state index in [4.69, 9.17) is 5.26 Å². The number of hydrogen-bond acceptors (Lipinski definition) is 4. The van der Waals surface area contributed by atoms with Crippen molar-refractivity contribution < 1.29 is 0 Å². The fraction of sp³-hybridized carbons (Fsp3) is 0.250. The quantitative estimate of drug-likeness (QED) is 0.862. The molecule has 0 spiro atoms. The number of aromatic nitrogens is 3. The van der Waals surface area contributed by atoms with Gasteiger partial charge in [-0.05, 0) is 13.0 Å². The van der Waals surface area contributed by atoms with Crippen molar-refractivity contribution in [1.29, 1.82) is 5.26 Å². The highest BCUT2D eigenvalue weighted by Gasteiger charge is 2.06. The standard InChI is InChI=1S/C12H13N5/c1-2-14-12-10(4-3-5-16-12)9-17-7-6-15-11(17)8-13/h3-7H,2,9H2,1H3,(H,14,16). The van der Waals surface area contributed by atoms with Gasteiger partial charge < -0.3 is 9.88 Å². The van der Waals surface area contributed by atoms with Crippen LogP contribution in [0.5, 0.6) is 0 Å². The molecule has 0 fully saturated rings. The van der Waals surface area contributed by atoms with Crippen LogP contribution in [-0.2, 0) is 6.54 Å². The maximum Gasteiger partial charge on any atom is 0.213 e. The summed E-state index contributed by atoms with van der Waals surface area (Å²) in [6, 6.07) is 5.94. The third kappa shape index (κ3) is 2.42. The molecule has 86 valence electrons. The highest BCUT2D eigenvalue weighted by Crippen LogP contribution is 2.13. The van der Waals surface area contributed by atoms with Crippen LogP contribution >= 0.6 is 0 Å². The summed E-state index contributed by atoms with van der Waals surface area (Å²) < 4.78 is 1.80. The van der Waals surface area contributed by atoms with Crippen molar-refractivity contribution in [3.8, 4) is 6.07 Å². The Labute approximate surface area is 99.7 Å². The first kappa shape index (κ1) is 11.1. The lowest BCUT2D eigenvalue weighted by Gasteiger charge is -2.10. The Morgan fingerprint density at radius 3 is 3.06 bits per heavy atom. The summed E-state index contributed by atoms with van der Waals surface area (Å²) >= 11 is 0. The monoisotopic (exact) mass is 227 g/mol. The lowest BCUT2D eigenvalue weighted by Crippen LogP contribution is -2.07. The van der Waals surface area contributed by atoms with E-state index in [-0.39, 0.29) is 0 Å². The summed E-state index contributed by atoms with van der Waals surface area (Å²) in [6.07, 6.45) is 5.17. The molecule has 2 aromatic rings. The molecule has 0 saturated heterocycles. The molecule has 0 aliphatic heterocycles. The highest BCUT2D eigenvalue weighted by atomic mass is 15.1. The van der Waals surface area contributed by atoms with Crippen molar-refractivity contribution in [2.45, 2.75) is 13.5 Å². The van der Waals surface area contributed by atoms with E-state index >= 15 is 0 Å². The van der Waals surface area contributed by atoms with Crippen molar-refractivity contribution in [3.63, 3.8) is 0 Å². The molecule has 0 atom stereocenters. The predicted molar refractivity (Wildman–Crippen MR) is 64.4 cm³/mol. The zero-order valence-corrected chi connectivity index (χ0v) is 9.59. The fourth-order valence-electron chi connectivity index (χ4n) is 1.63. The average molecular weight is 227 g/mol. The van der Waals surface area contributed by atoms with Crippen LogP contribution in [0.15, 0.2) is 30.7 Å². The Morgan fingerprint density at radius 2 is 2.29 bits per heavy atom. The minimum absolute atomic E-state index is 0.413. The van der Waals surface area contributed by atoms with Gasteiger partial charge in [-0.1, -0.05) is 6.07 Å². The Hall–Kier alpha value is -2.35. The Morgan fingerprint density at radius 1 is 1.41 bits per heavy atom. The molecule has 0 saturated carbocycles. The predicted octanol–water partition coefficient (Wildman–Crippen LogP) is 1.63. The second-order valence-corrected chi connectivity index (χ2v) is 3.53. The van der Waals surface area contributed by atoms with Gasteiger partial charge in [0.05, 0.1) is 6.54 Å². The van der Waals surface area contributed by atoms with Gasteiger partial charge >= 0.3 is 0 Å². The number of nitrogens with one attached hydrogen (secondary N) is 1. The molecule has 5 nitrogen and oxygen atoms in total. The summed E-state index contributed by atoms with van der Waals surface area (Å²) in [5.74, 6) is 1.27. The maximum absolute atomic E-state index is 8.89. The largest absolute Gasteiger partial charge is 0.370 e. The van der Waals surface area contributed by atoms with E-state index < -0.39 is 0 Å². The minimum Gasteiger partial charge on any atom is -0.370 e. The van der Waals surface area contributed by atoms with Gasteiger partial charge in [-0.3, -0.25) is 0 Å². The molecule has 2 heterocycles. The molecule has 5 heteroatoms. The van der Waals surface area contributed by atoms with E-state index in [2.05, 4.69) is 21.4 Å². The number of anilines is 1. The van der Waals surface area contributed by atoms with Crippen LogP contribution in [0, 0.1) is 11.3 Å².